The first-order valence-corrected chi connectivity index (χ1v) is 25.3. The summed E-state index contributed by atoms with van der Waals surface area (Å²) in [4.78, 5) is 5.22. The maximum atomic E-state index is 5.82. The van der Waals surface area contributed by atoms with E-state index in [9.17, 15) is 0 Å². The van der Waals surface area contributed by atoms with Crippen molar-refractivity contribution in [1.29, 1.82) is 0 Å². The zero-order valence-electron chi connectivity index (χ0n) is 35.9. The number of ether oxygens (including phenoxy) is 1. The first kappa shape index (κ1) is 52.2. The fraction of sp³-hybridized carbons (Fsp3) is 0.556. The predicted octanol–water partition coefficient (Wildman–Crippen LogP) is 6.30. The van der Waals surface area contributed by atoms with E-state index in [-0.39, 0.29) is 29.5 Å². The molecule has 1 unspecified atom stereocenters. The van der Waals surface area contributed by atoms with Gasteiger partial charge < -0.3 is 37.3 Å². The number of hydrogen-bond acceptors (Lipinski definition) is 3. The Morgan fingerprint density at radius 1 is 0.786 bits per heavy atom. The Labute approximate surface area is 359 Å². The van der Waals surface area contributed by atoms with Crippen LogP contribution < -0.4 is 22.0 Å². The third kappa shape index (κ3) is 13.6. The number of anilines is 1. The molecule has 4 N–H and O–H groups in total. The average Bonchev–Trinajstić information content (AvgIpc) is 3.52. The van der Waals surface area contributed by atoms with Crippen molar-refractivity contribution in [3.8, 4) is 5.75 Å². The zero-order chi connectivity index (χ0) is 39.0. The minimum Gasteiger partial charge on any atom is -1.00 e. The molecule has 3 aromatic carbocycles. The van der Waals surface area contributed by atoms with Crippen LogP contribution in [0.5, 0.6) is 5.75 Å². The van der Waals surface area contributed by atoms with Gasteiger partial charge in [-0.1, -0.05) is 114 Å². The summed E-state index contributed by atoms with van der Waals surface area (Å²) in [5.74, 6) is 2.70. The Morgan fingerprint density at radius 3 is 1.71 bits per heavy atom. The van der Waals surface area contributed by atoms with Gasteiger partial charge in [-0.25, -0.2) is 0 Å². The summed E-state index contributed by atoms with van der Waals surface area (Å²) >= 11 is -1.77. The molecule has 0 spiro atoms. The summed E-state index contributed by atoms with van der Waals surface area (Å²) in [6.07, 6.45) is 4.17. The van der Waals surface area contributed by atoms with Crippen molar-refractivity contribution < 1.29 is 50.7 Å². The van der Waals surface area contributed by atoms with Crippen molar-refractivity contribution in [1.82, 2.24) is 4.90 Å². The standard InChI is InChI=1S/C35H55N4.C10H12O.3ClH.2H2O.Ru/c1-11-39(10)20-18-36(19-21-39)22-29-23-37(34-30(25(2)3)14-12-15-31(34)26(4)5)24-38(29)35-32(27(6)7)16-13-17-33(35)28(8)9;1-8(2)11-10-7-5-4-6-9(10)3;;;;;;/h12-17,25-29H,11,18-23H2,1-10H3;3-8H,1-2H3;3*1H;2*1H2;/q+1;;;;;;;+2/p-3. The van der Waals surface area contributed by atoms with Crippen molar-refractivity contribution in [3.63, 3.8) is 0 Å². The van der Waals surface area contributed by atoms with Crippen LogP contribution in [0, 0.1) is 0 Å². The van der Waals surface area contributed by atoms with Gasteiger partial charge in [0.15, 0.2) is 0 Å². The number of rotatable bonds is 12. The van der Waals surface area contributed by atoms with E-state index in [1.54, 1.807) is 0 Å². The smallest absolute Gasteiger partial charge is 0.206 e. The van der Waals surface area contributed by atoms with Gasteiger partial charge in [-0.05, 0) is 30.6 Å². The number of likely N-dealkylation sites (N-methyl/N-ethyl adjacent to an activating group) is 1. The SMILES string of the molecule is CC(C)Oc1ccccc1[CH]=[Ru]([Cl])[Cl].CC[N+]1(C)CCN(CC2CN(c3c(C(C)C)cccc3C(C)C)[C-]=[N+]2c2c(C(C)C)cccc2C(C)C)CC1.O.O.[Cl-]. The summed E-state index contributed by atoms with van der Waals surface area (Å²) in [6.45, 7) is 33.1. The zero-order valence-corrected chi connectivity index (χ0v) is 40.0. The molecule has 0 aromatic heterocycles. The van der Waals surface area contributed by atoms with Crippen LogP contribution in [0.4, 0.5) is 11.4 Å². The van der Waals surface area contributed by atoms with Crippen molar-refractivity contribution in [2.45, 2.75) is 112 Å². The molecule has 318 valence electrons. The van der Waals surface area contributed by atoms with Crippen LogP contribution >= 0.6 is 19.4 Å². The Morgan fingerprint density at radius 2 is 1.27 bits per heavy atom. The van der Waals surface area contributed by atoms with Gasteiger partial charge >= 0.3 is 97.8 Å². The first-order chi connectivity index (χ1) is 25.0. The molecular formula is C45H71Cl3N4O3Ru. The number of quaternary nitrogens is 1. The van der Waals surface area contributed by atoms with E-state index < -0.39 is 13.5 Å². The number of benzene rings is 3. The molecule has 11 heteroatoms. The molecule has 0 amide bonds. The fourth-order valence-electron chi connectivity index (χ4n) is 7.47. The Kier molecular flexibility index (Phi) is 22.0. The average molecular weight is 924 g/mol. The normalized spacial score (nSPS) is 16.8. The van der Waals surface area contributed by atoms with Crippen LogP contribution in [-0.4, -0.2) is 101 Å². The third-order valence-corrected chi connectivity index (χ3v) is 12.6. The van der Waals surface area contributed by atoms with Gasteiger partial charge in [-0.2, -0.15) is 0 Å². The van der Waals surface area contributed by atoms with Gasteiger partial charge in [-0.3, -0.25) is 4.90 Å². The number of nitrogens with zero attached hydrogens (tertiary/aromatic N) is 4. The molecule has 0 radical (unpaired) electrons. The number of piperazine rings is 1. The summed E-state index contributed by atoms with van der Waals surface area (Å²) in [5, 5.41) is 0. The topological polar surface area (TPSA) is 81.7 Å². The quantitative estimate of drug-likeness (QED) is 0.0927. The predicted molar refractivity (Wildman–Crippen MR) is 235 cm³/mol. The van der Waals surface area contributed by atoms with Gasteiger partial charge in [-0.15, -0.1) is 0 Å². The molecule has 7 nitrogen and oxygen atoms in total. The second-order valence-electron chi connectivity index (χ2n) is 16.6. The second kappa shape index (κ2) is 23.7. The molecule has 0 saturated carbocycles. The summed E-state index contributed by atoms with van der Waals surface area (Å²) in [7, 11) is 14.1. The van der Waals surface area contributed by atoms with Crippen LogP contribution in [0.25, 0.3) is 0 Å². The Hall–Kier alpha value is -1.87. The molecule has 56 heavy (non-hydrogen) atoms. The number of hydrogen-bond donors (Lipinski definition) is 0. The summed E-state index contributed by atoms with van der Waals surface area (Å²) in [6, 6.07) is 22.0. The molecule has 0 aliphatic carbocycles. The van der Waals surface area contributed by atoms with E-state index in [4.69, 9.17) is 24.1 Å². The molecule has 5 rings (SSSR count). The summed E-state index contributed by atoms with van der Waals surface area (Å²) in [5.41, 5.74) is 9.52. The minimum atomic E-state index is -1.77. The molecule has 1 saturated heterocycles. The van der Waals surface area contributed by atoms with Gasteiger partial charge in [0.2, 0.25) is 6.34 Å². The molecule has 3 aromatic rings. The molecule has 1 fully saturated rings. The van der Waals surface area contributed by atoms with E-state index in [2.05, 4.69) is 126 Å². The van der Waals surface area contributed by atoms with Crippen LogP contribution in [0.2, 0.25) is 0 Å². The number of para-hydroxylation sites is 3. The molecule has 0 bridgehead atoms. The Balaban J connectivity index is 0.000000785. The third-order valence-electron chi connectivity index (χ3n) is 10.8. The molecule has 2 aliphatic heterocycles. The largest absolute Gasteiger partial charge is 1.00 e. The van der Waals surface area contributed by atoms with Gasteiger partial charge in [0.25, 0.3) is 0 Å². The molecular weight excluding hydrogens is 852 g/mol. The second-order valence-corrected chi connectivity index (χ2v) is 22.3. The molecule has 1 atom stereocenters. The van der Waals surface area contributed by atoms with Crippen molar-refractivity contribution >= 4 is 41.7 Å². The number of halogens is 3. The van der Waals surface area contributed by atoms with Crippen LogP contribution in [-0.2, 0) is 13.5 Å². The van der Waals surface area contributed by atoms with E-state index >= 15 is 0 Å². The van der Waals surface area contributed by atoms with E-state index in [0.717, 1.165) is 24.4 Å². The maximum Gasteiger partial charge on any atom is 0.206 e. The minimum absolute atomic E-state index is 0. The van der Waals surface area contributed by atoms with Gasteiger partial charge in [0.05, 0.1) is 26.7 Å². The fourth-order valence-corrected chi connectivity index (χ4v) is 9.27. The van der Waals surface area contributed by atoms with Crippen molar-refractivity contribution in [3.05, 3.63) is 88.5 Å². The monoisotopic (exact) mass is 922 g/mol. The first-order valence-electron chi connectivity index (χ1n) is 19.8. The van der Waals surface area contributed by atoms with Gasteiger partial charge in [0, 0.05) is 31.0 Å². The van der Waals surface area contributed by atoms with Crippen LogP contribution in [0.15, 0.2) is 60.7 Å². The molecule has 2 heterocycles. The van der Waals surface area contributed by atoms with Gasteiger partial charge in [0.1, 0.15) is 12.6 Å². The van der Waals surface area contributed by atoms with E-state index in [1.807, 2.05) is 42.7 Å². The molecule has 2 aliphatic rings. The van der Waals surface area contributed by atoms with Crippen LogP contribution in [0.1, 0.15) is 128 Å². The Bertz CT molecular complexity index is 1670. The van der Waals surface area contributed by atoms with E-state index in [0.29, 0.717) is 29.7 Å². The summed E-state index contributed by atoms with van der Waals surface area (Å²) < 4.78 is 11.3. The van der Waals surface area contributed by atoms with Crippen molar-refractivity contribution in [2.75, 3.05) is 57.8 Å². The maximum absolute atomic E-state index is 5.82. The van der Waals surface area contributed by atoms with Crippen LogP contribution in [0.3, 0.4) is 0 Å². The van der Waals surface area contributed by atoms with E-state index in [1.165, 1.54) is 70.8 Å². The van der Waals surface area contributed by atoms with Crippen molar-refractivity contribution in [2.24, 2.45) is 0 Å².